The van der Waals surface area contributed by atoms with Gasteiger partial charge in [-0.3, -0.25) is 0 Å². The lowest BCUT2D eigenvalue weighted by Gasteiger charge is -1.83. The van der Waals surface area contributed by atoms with Crippen molar-refractivity contribution in [1.29, 1.82) is 0 Å². The van der Waals surface area contributed by atoms with E-state index in [0.717, 1.165) is 12.0 Å². The summed E-state index contributed by atoms with van der Waals surface area (Å²) in [5.74, 6) is 0. The molecule has 0 aliphatic heterocycles. The molecule has 0 aliphatic rings. The van der Waals surface area contributed by atoms with E-state index in [1.807, 2.05) is 30.3 Å². The zero-order valence-electron chi connectivity index (χ0n) is 5.95. The van der Waals surface area contributed by atoms with Crippen LogP contribution in [0, 0.1) is 0 Å². The molecule has 0 amide bonds. The second-order valence-corrected chi connectivity index (χ2v) is 1.65. The lowest BCUT2D eigenvalue weighted by molar-refractivity contribution is -0.106. The molecule has 0 aliphatic carbocycles. The maximum atomic E-state index is 8.81. The summed E-state index contributed by atoms with van der Waals surface area (Å²) in [5.41, 5.74) is 6.18. The summed E-state index contributed by atoms with van der Waals surface area (Å²) in [6.45, 7) is 1.44. The molecule has 0 saturated carbocycles. The van der Waals surface area contributed by atoms with Crippen molar-refractivity contribution in [3.8, 4) is 0 Å². The van der Waals surface area contributed by atoms with Gasteiger partial charge in [0, 0.05) is 5.69 Å². The number of carbonyl (C=O) groups is 1. The van der Waals surface area contributed by atoms with Gasteiger partial charge in [-0.15, -0.1) is 0 Å². The Kier molecular flexibility index (Phi) is 5.06. The van der Waals surface area contributed by atoms with Gasteiger partial charge in [0.05, 0.1) is 0 Å². The van der Waals surface area contributed by atoms with Gasteiger partial charge in [0.1, 0.15) is 6.29 Å². The van der Waals surface area contributed by atoms with Crippen LogP contribution in [0.4, 0.5) is 5.69 Å². The van der Waals surface area contributed by atoms with E-state index < -0.39 is 0 Å². The lowest BCUT2D eigenvalue weighted by atomic mass is 10.3. The largest absolute Gasteiger partial charge is 0.399 e. The molecule has 2 heteroatoms. The lowest BCUT2D eigenvalue weighted by Crippen LogP contribution is -1.79. The molecular formula is C8H11NO. The van der Waals surface area contributed by atoms with Gasteiger partial charge >= 0.3 is 0 Å². The van der Waals surface area contributed by atoms with Gasteiger partial charge in [-0.2, -0.15) is 0 Å². The van der Waals surface area contributed by atoms with Gasteiger partial charge in [-0.25, -0.2) is 0 Å². The van der Waals surface area contributed by atoms with E-state index in [1.54, 1.807) is 0 Å². The fourth-order valence-electron chi connectivity index (χ4n) is 0.453. The molecule has 0 unspecified atom stereocenters. The topological polar surface area (TPSA) is 43.1 Å². The van der Waals surface area contributed by atoms with E-state index in [4.69, 9.17) is 10.5 Å². The molecule has 1 rings (SSSR count). The highest BCUT2D eigenvalue weighted by molar-refractivity contribution is 5.44. The van der Waals surface area contributed by atoms with Gasteiger partial charge in [0.15, 0.2) is 0 Å². The minimum absolute atomic E-state index is 0.750. The van der Waals surface area contributed by atoms with Crippen molar-refractivity contribution >= 4 is 12.0 Å². The van der Waals surface area contributed by atoms with E-state index in [2.05, 4.69) is 0 Å². The van der Waals surface area contributed by atoms with Crippen molar-refractivity contribution in [2.45, 2.75) is 6.92 Å². The first kappa shape index (κ1) is 8.69. The highest BCUT2D eigenvalue weighted by Gasteiger charge is 1.72. The fraction of sp³-hybridized carbons (Fsp3) is 0.125. The third-order valence-corrected chi connectivity index (χ3v) is 0.800. The van der Waals surface area contributed by atoms with Crippen molar-refractivity contribution in [2.75, 3.05) is 5.73 Å². The number of anilines is 1. The van der Waals surface area contributed by atoms with Crippen LogP contribution in [0.25, 0.3) is 0 Å². The SMILES string of the molecule is CC=O.Nc1ccccc1. The van der Waals surface area contributed by atoms with E-state index in [-0.39, 0.29) is 0 Å². The molecule has 2 N–H and O–H groups in total. The van der Waals surface area contributed by atoms with Crippen molar-refractivity contribution in [3.05, 3.63) is 30.3 Å². The standard InChI is InChI=1S/C6H7N.C2H4O/c7-6-4-2-1-3-5-6;1-2-3/h1-5H,7H2;2H,1H3. The highest BCUT2D eigenvalue weighted by Crippen LogP contribution is 1.95. The summed E-state index contributed by atoms with van der Waals surface area (Å²) in [6, 6.07) is 9.49. The number of carbonyl (C=O) groups excluding carboxylic acids is 1. The average Bonchev–Trinajstić information content (AvgIpc) is 1.91. The molecule has 0 spiro atoms. The second-order valence-electron chi connectivity index (χ2n) is 1.65. The first-order valence-corrected chi connectivity index (χ1v) is 3.01. The van der Waals surface area contributed by atoms with Crippen molar-refractivity contribution in [1.82, 2.24) is 0 Å². The van der Waals surface area contributed by atoms with Gasteiger partial charge in [-0.1, -0.05) is 18.2 Å². The van der Waals surface area contributed by atoms with Gasteiger partial charge in [-0.05, 0) is 19.1 Å². The molecule has 1 aromatic carbocycles. The summed E-state index contributed by atoms with van der Waals surface area (Å²) in [4.78, 5) is 8.81. The van der Waals surface area contributed by atoms with E-state index in [0.29, 0.717) is 0 Å². The number of rotatable bonds is 0. The fourth-order valence-corrected chi connectivity index (χ4v) is 0.453. The van der Waals surface area contributed by atoms with E-state index >= 15 is 0 Å². The maximum absolute atomic E-state index is 8.81. The Balaban J connectivity index is 0.000000236. The van der Waals surface area contributed by atoms with Crippen LogP contribution < -0.4 is 5.73 Å². The van der Waals surface area contributed by atoms with Crippen LogP contribution in [0.2, 0.25) is 0 Å². The smallest absolute Gasteiger partial charge is 0.116 e. The third-order valence-electron chi connectivity index (χ3n) is 0.800. The normalized spacial score (nSPS) is 7.30. The molecule has 0 aromatic heterocycles. The van der Waals surface area contributed by atoms with Crippen LogP contribution in [0.15, 0.2) is 30.3 Å². The summed E-state index contributed by atoms with van der Waals surface area (Å²) in [5, 5.41) is 0. The zero-order valence-corrected chi connectivity index (χ0v) is 5.95. The minimum Gasteiger partial charge on any atom is -0.399 e. The van der Waals surface area contributed by atoms with Crippen LogP contribution in [-0.2, 0) is 4.79 Å². The Morgan fingerprint density at radius 2 is 1.70 bits per heavy atom. The first-order chi connectivity index (χ1) is 4.81. The monoisotopic (exact) mass is 137 g/mol. The first-order valence-electron chi connectivity index (χ1n) is 3.01. The predicted molar refractivity (Wildman–Crippen MR) is 42.6 cm³/mol. The summed E-state index contributed by atoms with van der Waals surface area (Å²) >= 11 is 0. The number of aldehydes is 1. The maximum Gasteiger partial charge on any atom is 0.116 e. The summed E-state index contributed by atoms with van der Waals surface area (Å²) in [7, 11) is 0. The number of benzene rings is 1. The molecule has 0 heterocycles. The predicted octanol–water partition coefficient (Wildman–Crippen LogP) is 1.47. The van der Waals surface area contributed by atoms with E-state index in [1.165, 1.54) is 6.92 Å². The van der Waals surface area contributed by atoms with Crippen molar-refractivity contribution in [2.24, 2.45) is 0 Å². The molecular weight excluding hydrogens is 126 g/mol. The van der Waals surface area contributed by atoms with Crippen molar-refractivity contribution in [3.63, 3.8) is 0 Å². The molecule has 0 fully saturated rings. The zero-order chi connectivity index (χ0) is 7.82. The summed E-state index contributed by atoms with van der Waals surface area (Å²) < 4.78 is 0. The second kappa shape index (κ2) is 5.82. The molecule has 2 nitrogen and oxygen atoms in total. The summed E-state index contributed by atoms with van der Waals surface area (Å²) in [6.07, 6.45) is 0.750. The highest BCUT2D eigenvalue weighted by atomic mass is 16.1. The Bertz CT molecular complexity index is 172. The average molecular weight is 137 g/mol. The number of para-hydroxylation sites is 1. The Hall–Kier alpha value is -1.31. The minimum atomic E-state index is 0.750. The van der Waals surface area contributed by atoms with Crippen LogP contribution in [0.5, 0.6) is 0 Å². The molecule has 10 heavy (non-hydrogen) atoms. The van der Waals surface area contributed by atoms with Gasteiger partial charge < -0.3 is 10.5 Å². The number of nitrogen functional groups attached to an aromatic ring is 1. The van der Waals surface area contributed by atoms with Gasteiger partial charge in [0.25, 0.3) is 0 Å². The van der Waals surface area contributed by atoms with Gasteiger partial charge in [0.2, 0.25) is 0 Å². The van der Waals surface area contributed by atoms with E-state index in [9.17, 15) is 0 Å². The molecule has 0 radical (unpaired) electrons. The quantitative estimate of drug-likeness (QED) is 0.434. The Morgan fingerprint density at radius 3 is 1.90 bits per heavy atom. The number of nitrogens with two attached hydrogens (primary N) is 1. The molecule has 0 bridgehead atoms. The molecule has 1 aromatic rings. The molecule has 54 valence electrons. The number of hydrogen-bond acceptors (Lipinski definition) is 2. The van der Waals surface area contributed by atoms with Crippen molar-refractivity contribution < 1.29 is 4.79 Å². The third kappa shape index (κ3) is 4.84. The van der Waals surface area contributed by atoms with Crippen LogP contribution in [0.1, 0.15) is 6.92 Å². The van der Waals surface area contributed by atoms with Crippen LogP contribution in [-0.4, -0.2) is 6.29 Å². The number of hydrogen-bond donors (Lipinski definition) is 1. The molecule has 0 saturated heterocycles. The van der Waals surface area contributed by atoms with Crippen LogP contribution >= 0.6 is 0 Å². The Labute approximate surface area is 60.7 Å². The van der Waals surface area contributed by atoms with Crippen LogP contribution in [0.3, 0.4) is 0 Å². The molecule has 0 atom stereocenters. The Morgan fingerprint density at radius 1 is 1.30 bits per heavy atom.